The lowest BCUT2D eigenvalue weighted by Crippen LogP contribution is -2.30. The van der Waals surface area contributed by atoms with Gasteiger partial charge in [0.05, 0.1) is 5.70 Å². The summed E-state index contributed by atoms with van der Waals surface area (Å²) in [5.74, 6) is -6.57. The van der Waals surface area contributed by atoms with Crippen LogP contribution in [-0.2, 0) is 4.79 Å². The zero-order chi connectivity index (χ0) is 13.7. The van der Waals surface area contributed by atoms with E-state index in [1.807, 2.05) is 0 Å². The van der Waals surface area contributed by atoms with Gasteiger partial charge in [0.25, 0.3) is 12.3 Å². The van der Waals surface area contributed by atoms with E-state index in [2.05, 4.69) is 4.99 Å². The first-order chi connectivity index (χ1) is 8.26. The van der Waals surface area contributed by atoms with Gasteiger partial charge >= 0.3 is 5.97 Å². The number of hydrogen-bond acceptors (Lipinski definition) is 3. The number of nitrogens with two attached hydrogens (primary N) is 1. The first kappa shape index (κ1) is 12.8. The van der Waals surface area contributed by atoms with Crippen molar-refractivity contribution < 1.29 is 27.5 Å². The Kier molecular flexibility index (Phi) is 2.83. The van der Waals surface area contributed by atoms with Crippen LogP contribution in [0.15, 0.2) is 16.3 Å². The second-order valence-corrected chi connectivity index (χ2v) is 4.30. The van der Waals surface area contributed by atoms with Crippen molar-refractivity contribution in [1.82, 2.24) is 0 Å². The predicted molar refractivity (Wildman–Crippen MR) is 53.7 cm³/mol. The van der Waals surface area contributed by atoms with E-state index in [0.717, 1.165) is 0 Å². The van der Waals surface area contributed by atoms with Crippen molar-refractivity contribution in [2.75, 3.05) is 6.54 Å². The Morgan fingerprint density at radius 1 is 1.56 bits per heavy atom. The van der Waals surface area contributed by atoms with Gasteiger partial charge in [0.2, 0.25) is 0 Å². The zero-order valence-electron chi connectivity index (χ0n) is 9.04. The normalized spacial score (nSPS) is 33.7. The van der Waals surface area contributed by atoms with Gasteiger partial charge in [-0.3, -0.25) is 9.79 Å². The van der Waals surface area contributed by atoms with E-state index >= 15 is 0 Å². The summed E-state index contributed by atoms with van der Waals surface area (Å²) in [6.45, 7) is -0.885. The molecule has 8 heteroatoms. The molecule has 0 heterocycles. The molecule has 2 fully saturated rings. The van der Waals surface area contributed by atoms with E-state index < -0.39 is 48.1 Å². The maximum absolute atomic E-state index is 13.7. The predicted octanol–water partition coefficient (Wildman–Crippen LogP) is 1.27. The zero-order valence-corrected chi connectivity index (χ0v) is 9.04. The molecule has 0 amide bonds. The van der Waals surface area contributed by atoms with Crippen LogP contribution in [0.2, 0.25) is 0 Å². The number of halogens is 4. The number of carbonyl (C=O) groups is 1. The molecule has 1 unspecified atom stereocenters. The minimum absolute atomic E-state index is 0.0852. The molecule has 18 heavy (non-hydrogen) atoms. The summed E-state index contributed by atoms with van der Waals surface area (Å²) in [5, 5.41) is 8.41. The van der Waals surface area contributed by atoms with E-state index in [1.165, 1.54) is 0 Å². The maximum Gasteiger partial charge on any atom is 0.325 e. The van der Waals surface area contributed by atoms with Crippen molar-refractivity contribution >= 4 is 11.7 Å². The van der Waals surface area contributed by atoms with Crippen LogP contribution in [0.4, 0.5) is 17.6 Å². The number of fused-ring (bicyclic) bond motifs is 1. The van der Waals surface area contributed by atoms with Crippen LogP contribution in [-0.4, -0.2) is 35.7 Å². The highest BCUT2D eigenvalue weighted by Gasteiger charge is 2.67. The molecule has 2 aliphatic rings. The Bertz CT molecular complexity index is 459. The number of carboxylic acids is 1. The lowest BCUT2D eigenvalue weighted by atomic mass is 10.0. The maximum atomic E-state index is 13.7. The summed E-state index contributed by atoms with van der Waals surface area (Å²) in [4.78, 5) is 13.6. The Labute approximate surface area is 99.2 Å². The molecule has 0 saturated heterocycles. The van der Waals surface area contributed by atoms with Gasteiger partial charge < -0.3 is 10.8 Å². The van der Waals surface area contributed by atoms with E-state index in [4.69, 9.17) is 10.8 Å². The number of hydrogen-bond donors (Lipinski definition) is 2. The van der Waals surface area contributed by atoms with Crippen LogP contribution < -0.4 is 5.73 Å². The molecule has 0 aromatic heterocycles. The summed E-state index contributed by atoms with van der Waals surface area (Å²) in [6, 6.07) is 0. The lowest BCUT2D eigenvalue weighted by molar-refractivity contribution is -0.135. The average molecular weight is 266 g/mol. The average Bonchev–Trinajstić information content (AvgIpc) is 2.98. The minimum atomic E-state index is -3.37. The quantitative estimate of drug-likeness (QED) is 0.755. The number of carboxylic acid groups (broad SMARTS) is 1. The van der Waals surface area contributed by atoms with Gasteiger partial charge in [0.15, 0.2) is 0 Å². The van der Waals surface area contributed by atoms with Crippen LogP contribution in [0.1, 0.15) is 6.42 Å². The Morgan fingerprint density at radius 2 is 2.17 bits per heavy atom. The van der Waals surface area contributed by atoms with Crippen LogP contribution in [0.3, 0.4) is 0 Å². The molecule has 0 aliphatic heterocycles. The van der Waals surface area contributed by atoms with Crippen molar-refractivity contribution in [1.29, 1.82) is 0 Å². The molecule has 100 valence electrons. The summed E-state index contributed by atoms with van der Waals surface area (Å²) < 4.78 is 52.4. The number of rotatable bonds is 3. The van der Waals surface area contributed by atoms with Crippen molar-refractivity contribution in [2.45, 2.75) is 18.8 Å². The summed E-state index contributed by atoms with van der Waals surface area (Å²) in [5.41, 5.74) is 2.95. The second kappa shape index (κ2) is 3.96. The molecular weight excluding hydrogens is 256 g/mol. The van der Waals surface area contributed by atoms with E-state index in [1.54, 1.807) is 0 Å². The van der Waals surface area contributed by atoms with E-state index in [0.29, 0.717) is 0 Å². The summed E-state index contributed by atoms with van der Waals surface area (Å²) in [6.07, 6.45) is -2.97. The van der Waals surface area contributed by atoms with Gasteiger partial charge in [-0.1, -0.05) is 0 Å². The van der Waals surface area contributed by atoms with Crippen molar-refractivity contribution in [3.8, 4) is 0 Å². The molecule has 4 nitrogen and oxygen atoms in total. The van der Waals surface area contributed by atoms with Crippen LogP contribution in [0, 0.1) is 11.8 Å². The van der Waals surface area contributed by atoms with Gasteiger partial charge in [0, 0.05) is 11.5 Å². The molecule has 2 saturated carbocycles. The van der Waals surface area contributed by atoms with Gasteiger partial charge in [-0.15, -0.1) is 0 Å². The fourth-order valence-electron chi connectivity index (χ4n) is 2.25. The summed E-state index contributed by atoms with van der Waals surface area (Å²) >= 11 is 0. The molecule has 3 N–H and O–H groups in total. The smallest absolute Gasteiger partial charge is 0.325 e. The largest absolute Gasteiger partial charge is 0.480 e. The highest BCUT2D eigenvalue weighted by molar-refractivity contribution is 6.10. The van der Waals surface area contributed by atoms with Gasteiger partial charge in [-0.25, -0.2) is 8.78 Å². The highest BCUT2D eigenvalue weighted by atomic mass is 19.3. The first-order valence-corrected chi connectivity index (χ1v) is 5.19. The third-order valence-corrected chi connectivity index (χ3v) is 3.12. The summed E-state index contributed by atoms with van der Waals surface area (Å²) in [7, 11) is 0. The third kappa shape index (κ3) is 1.85. The van der Waals surface area contributed by atoms with Crippen molar-refractivity contribution in [3.05, 3.63) is 11.3 Å². The third-order valence-electron chi connectivity index (χ3n) is 3.12. The van der Waals surface area contributed by atoms with Crippen LogP contribution in [0.25, 0.3) is 0 Å². The number of alkyl halides is 4. The van der Waals surface area contributed by atoms with Gasteiger partial charge in [-0.05, 0) is 12.3 Å². The Balaban J connectivity index is 2.42. The lowest BCUT2D eigenvalue weighted by Gasteiger charge is -2.15. The molecule has 2 atom stereocenters. The SMILES string of the molecule is NC(=C1C(=NCC(=O)O)C(F)(F)C2C[C@H]12)C(F)F. The topological polar surface area (TPSA) is 75.7 Å². The first-order valence-electron chi connectivity index (χ1n) is 5.19. The fourth-order valence-corrected chi connectivity index (χ4v) is 2.25. The van der Waals surface area contributed by atoms with E-state index in [9.17, 15) is 22.4 Å². The number of aliphatic imine (C=N–C) groups is 1. The van der Waals surface area contributed by atoms with Gasteiger partial charge in [0.1, 0.15) is 12.3 Å². The molecule has 2 rings (SSSR count). The van der Waals surface area contributed by atoms with Crippen LogP contribution in [0.5, 0.6) is 0 Å². The molecule has 0 bridgehead atoms. The number of nitrogens with zero attached hydrogens (tertiary/aromatic N) is 1. The standard InChI is InChI=1S/C10H10F4N2O2/c11-9(12)7(15)6-3-1-4(3)10(13,14)8(6)16-2-5(17)18/h3-4,9H,1-2,15H2,(H,17,18)/t3-,4?/m0/s1. The monoisotopic (exact) mass is 266 g/mol. The van der Waals surface area contributed by atoms with Crippen molar-refractivity contribution in [2.24, 2.45) is 22.6 Å². The number of aliphatic carboxylic acids is 1. The molecule has 0 aromatic carbocycles. The van der Waals surface area contributed by atoms with Crippen molar-refractivity contribution in [3.63, 3.8) is 0 Å². The highest BCUT2D eigenvalue weighted by Crippen LogP contribution is 2.61. The molecule has 0 aromatic rings. The number of allylic oxidation sites excluding steroid dienone is 2. The Morgan fingerprint density at radius 3 is 2.67 bits per heavy atom. The molecule has 2 aliphatic carbocycles. The molecule has 0 radical (unpaired) electrons. The molecule has 0 spiro atoms. The minimum Gasteiger partial charge on any atom is -0.480 e. The fraction of sp³-hybridized carbons (Fsp3) is 0.600. The van der Waals surface area contributed by atoms with Crippen LogP contribution >= 0.6 is 0 Å². The molecular formula is C10H10F4N2O2. The van der Waals surface area contributed by atoms with Gasteiger partial charge in [-0.2, -0.15) is 8.78 Å². The Hall–Kier alpha value is -1.60. The second-order valence-electron chi connectivity index (χ2n) is 4.30. The van der Waals surface area contributed by atoms with E-state index in [-0.39, 0.29) is 12.0 Å².